The lowest BCUT2D eigenvalue weighted by molar-refractivity contribution is 0.224. The zero-order valence-electron chi connectivity index (χ0n) is 6.08. The summed E-state index contributed by atoms with van der Waals surface area (Å²) in [5.41, 5.74) is 6.03. The molecule has 0 rings (SSSR count). The van der Waals surface area contributed by atoms with E-state index in [0.29, 0.717) is 13.0 Å². The number of aliphatic hydroxyl groups is 2. The van der Waals surface area contributed by atoms with Gasteiger partial charge >= 0.3 is 0 Å². The normalized spacial score (nSPS) is 13.1. The van der Waals surface area contributed by atoms with E-state index >= 15 is 0 Å². The third-order valence-electron chi connectivity index (χ3n) is 1.39. The van der Waals surface area contributed by atoms with E-state index in [-0.39, 0.29) is 19.1 Å². The predicted octanol–water partition coefficient (Wildman–Crippen LogP) is -0.508. The van der Waals surface area contributed by atoms with Crippen molar-refractivity contribution in [3.63, 3.8) is 0 Å². The van der Waals surface area contributed by atoms with Gasteiger partial charge in [-0.2, -0.15) is 0 Å². The molecular formula is C7H15NO2. The van der Waals surface area contributed by atoms with Gasteiger partial charge in [-0.15, -0.1) is 0 Å². The van der Waals surface area contributed by atoms with Crippen molar-refractivity contribution in [3.05, 3.63) is 12.2 Å². The van der Waals surface area contributed by atoms with Gasteiger partial charge in [0.2, 0.25) is 0 Å². The first-order chi connectivity index (χ1) is 4.74. The molecular weight excluding hydrogens is 130 g/mol. The minimum Gasteiger partial charge on any atom is -0.396 e. The molecule has 3 heteroatoms. The van der Waals surface area contributed by atoms with Crippen LogP contribution in [-0.4, -0.2) is 30.0 Å². The van der Waals surface area contributed by atoms with Crippen LogP contribution >= 0.6 is 0 Å². The average molecular weight is 145 g/mol. The van der Waals surface area contributed by atoms with Gasteiger partial charge in [0.1, 0.15) is 0 Å². The first-order valence-corrected chi connectivity index (χ1v) is 3.33. The Kier molecular flexibility index (Phi) is 5.20. The van der Waals surface area contributed by atoms with Gasteiger partial charge in [-0.25, -0.2) is 0 Å². The molecule has 0 heterocycles. The third-order valence-corrected chi connectivity index (χ3v) is 1.39. The van der Waals surface area contributed by atoms with Crippen molar-refractivity contribution in [2.24, 2.45) is 11.7 Å². The summed E-state index contributed by atoms with van der Waals surface area (Å²) < 4.78 is 0. The Bertz CT molecular complexity index is 99.8. The Morgan fingerprint density at radius 2 is 2.10 bits per heavy atom. The summed E-state index contributed by atoms with van der Waals surface area (Å²) in [7, 11) is 0. The van der Waals surface area contributed by atoms with Gasteiger partial charge < -0.3 is 15.9 Å². The number of hydrogen-bond donors (Lipinski definition) is 3. The summed E-state index contributed by atoms with van der Waals surface area (Å²) in [6, 6.07) is 0. The molecule has 0 saturated heterocycles. The van der Waals surface area contributed by atoms with Crippen LogP contribution in [0.25, 0.3) is 0 Å². The molecule has 0 aliphatic heterocycles. The quantitative estimate of drug-likeness (QED) is 0.456. The minimum absolute atomic E-state index is 0.0174. The van der Waals surface area contributed by atoms with E-state index in [1.807, 2.05) is 0 Å². The molecule has 1 unspecified atom stereocenters. The highest BCUT2D eigenvalue weighted by Gasteiger charge is 2.05. The first-order valence-electron chi connectivity index (χ1n) is 3.33. The maximum absolute atomic E-state index is 8.67. The number of aliphatic hydroxyl groups excluding tert-OH is 2. The van der Waals surface area contributed by atoms with Crippen LogP contribution in [0.3, 0.4) is 0 Å². The van der Waals surface area contributed by atoms with Crippen molar-refractivity contribution in [2.75, 3.05) is 19.8 Å². The van der Waals surface area contributed by atoms with E-state index in [4.69, 9.17) is 15.9 Å². The Morgan fingerprint density at radius 3 is 2.40 bits per heavy atom. The summed E-state index contributed by atoms with van der Waals surface area (Å²) >= 11 is 0. The van der Waals surface area contributed by atoms with Gasteiger partial charge in [0.15, 0.2) is 0 Å². The molecule has 0 radical (unpaired) electrons. The van der Waals surface area contributed by atoms with Crippen LogP contribution in [0, 0.1) is 5.92 Å². The van der Waals surface area contributed by atoms with Crippen LogP contribution in [0.1, 0.15) is 6.42 Å². The van der Waals surface area contributed by atoms with Crippen LogP contribution in [0.2, 0.25) is 0 Å². The lowest BCUT2D eigenvalue weighted by atomic mass is 10.0. The summed E-state index contributed by atoms with van der Waals surface area (Å²) in [4.78, 5) is 0. The monoisotopic (exact) mass is 145 g/mol. The Labute approximate surface area is 61.2 Å². The summed E-state index contributed by atoms with van der Waals surface area (Å²) in [6.07, 6.45) is 0.615. The highest BCUT2D eigenvalue weighted by molar-refractivity contribution is 4.95. The highest BCUT2D eigenvalue weighted by atomic mass is 16.3. The minimum atomic E-state index is -0.0174. The fourth-order valence-electron chi connectivity index (χ4n) is 0.695. The highest BCUT2D eigenvalue weighted by Crippen LogP contribution is 2.06. The van der Waals surface area contributed by atoms with Gasteiger partial charge in [0.05, 0.1) is 6.61 Å². The zero-order chi connectivity index (χ0) is 7.98. The molecule has 0 aromatic heterocycles. The van der Waals surface area contributed by atoms with E-state index in [9.17, 15) is 0 Å². The van der Waals surface area contributed by atoms with E-state index < -0.39 is 0 Å². The van der Waals surface area contributed by atoms with Crippen LogP contribution in [0.4, 0.5) is 0 Å². The standard InChI is InChI=1S/C7H15NO2/c1-6(4-9)2-7(3-8)5-10/h7,9-10H,1-5,8H2. The van der Waals surface area contributed by atoms with Crippen molar-refractivity contribution >= 4 is 0 Å². The molecule has 0 aliphatic carbocycles. The largest absolute Gasteiger partial charge is 0.396 e. The molecule has 0 saturated carbocycles. The second-order valence-electron chi connectivity index (χ2n) is 2.40. The maximum Gasteiger partial charge on any atom is 0.0639 e. The molecule has 0 amide bonds. The predicted molar refractivity (Wildman–Crippen MR) is 40.5 cm³/mol. The molecule has 0 aliphatic rings. The van der Waals surface area contributed by atoms with E-state index in [1.54, 1.807) is 0 Å². The first kappa shape index (κ1) is 9.62. The van der Waals surface area contributed by atoms with E-state index in [0.717, 1.165) is 5.57 Å². The molecule has 10 heavy (non-hydrogen) atoms. The number of rotatable bonds is 5. The Hall–Kier alpha value is -0.380. The maximum atomic E-state index is 8.67. The van der Waals surface area contributed by atoms with Crippen molar-refractivity contribution in [3.8, 4) is 0 Å². The molecule has 4 N–H and O–H groups in total. The lowest BCUT2D eigenvalue weighted by Crippen LogP contribution is -2.19. The molecule has 0 aromatic rings. The van der Waals surface area contributed by atoms with Gasteiger partial charge in [0, 0.05) is 6.61 Å². The third kappa shape index (κ3) is 3.61. The van der Waals surface area contributed by atoms with Gasteiger partial charge in [0.25, 0.3) is 0 Å². The number of hydrogen-bond acceptors (Lipinski definition) is 3. The van der Waals surface area contributed by atoms with Gasteiger partial charge in [-0.3, -0.25) is 0 Å². The van der Waals surface area contributed by atoms with Crippen LogP contribution < -0.4 is 5.73 Å². The van der Waals surface area contributed by atoms with Crippen molar-refractivity contribution < 1.29 is 10.2 Å². The number of nitrogens with two attached hydrogens (primary N) is 1. The van der Waals surface area contributed by atoms with E-state index in [1.165, 1.54) is 0 Å². The van der Waals surface area contributed by atoms with Crippen LogP contribution in [-0.2, 0) is 0 Å². The van der Waals surface area contributed by atoms with Crippen molar-refractivity contribution in [1.82, 2.24) is 0 Å². The SMILES string of the molecule is C=C(CO)CC(CN)CO. The Morgan fingerprint density at radius 1 is 1.50 bits per heavy atom. The molecule has 0 fully saturated rings. The second kappa shape index (κ2) is 5.41. The van der Waals surface area contributed by atoms with Crippen LogP contribution in [0.5, 0.6) is 0 Å². The van der Waals surface area contributed by atoms with Crippen LogP contribution in [0.15, 0.2) is 12.2 Å². The smallest absolute Gasteiger partial charge is 0.0639 e. The van der Waals surface area contributed by atoms with Gasteiger partial charge in [-0.1, -0.05) is 12.2 Å². The van der Waals surface area contributed by atoms with Crippen molar-refractivity contribution in [1.29, 1.82) is 0 Å². The molecule has 0 aromatic carbocycles. The molecule has 60 valence electrons. The van der Waals surface area contributed by atoms with Crippen molar-refractivity contribution in [2.45, 2.75) is 6.42 Å². The molecule has 1 atom stereocenters. The topological polar surface area (TPSA) is 66.5 Å². The molecule has 0 spiro atoms. The summed E-state index contributed by atoms with van der Waals surface area (Å²) in [6.45, 7) is 4.08. The molecule has 3 nitrogen and oxygen atoms in total. The molecule has 0 bridgehead atoms. The Balaban J connectivity index is 3.52. The fourth-order valence-corrected chi connectivity index (χ4v) is 0.695. The summed E-state index contributed by atoms with van der Waals surface area (Å²) in [5.74, 6) is 0.0552. The average Bonchev–Trinajstić information content (AvgIpc) is 1.99. The lowest BCUT2D eigenvalue weighted by Gasteiger charge is -2.10. The van der Waals surface area contributed by atoms with E-state index in [2.05, 4.69) is 6.58 Å². The summed E-state index contributed by atoms with van der Waals surface area (Å²) in [5, 5.41) is 17.2. The fraction of sp³-hybridized carbons (Fsp3) is 0.714. The van der Waals surface area contributed by atoms with Gasteiger partial charge in [-0.05, 0) is 18.9 Å². The second-order valence-corrected chi connectivity index (χ2v) is 2.40. The zero-order valence-corrected chi connectivity index (χ0v) is 6.08.